The third-order valence-corrected chi connectivity index (χ3v) is 5.07. The Bertz CT molecular complexity index is 493. The maximum atomic E-state index is 12.7. The molecule has 1 aliphatic carbocycles. The average Bonchev–Trinajstić information content (AvgIpc) is 2.73. The van der Waals surface area contributed by atoms with Crippen molar-refractivity contribution in [2.45, 2.75) is 50.6 Å². The average molecular weight is 345 g/mol. The predicted molar refractivity (Wildman–Crippen MR) is 87.4 cm³/mol. The maximum absolute atomic E-state index is 12.7. The monoisotopic (exact) mass is 344 g/mol. The van der Waals surface area contributed by atoms with Gasteiger partial charge >= 0.3 is 6.03 Å². The highest BCUT2D eigenvalue weighted by Crippen LogP contribution is 2.33. The summed E-state index contributed by atoms with van der Waals surface area (Å²) in [6.45, 7) is 3.94. The SMILES string of the molecule is C[C@@H]1CNCCN1C(=O)CN1C(=O)NC2(CCCCC2)C1=O.Cl. The Morgan fingerprint density at radius 1 is 1.26 bits per heavy atom. The van der Waals surface area contributed by atoms with Gasteiger partial charge in [0, 0.05) is 25.7 Å². The highest BCUT2D eigenvalue weighted by molar-refractivity contribution is 6.09. The first kappa shape index (κ1) is 18.0. The number of urea groups is 1. The van der Waals surface area contributed by atoms with E-state index in [4.69, 9.17) is 0 Å². The van der Waals surface area contributed by atoms with Gasteiger partial charge in [0.2, 0.25) is 5.91 Å². The lowest BCUT2D eigenvalue weighted by molar-refractivity contribution is -0.141. The number of piperazine rings is 1. The summed E-state index contributed by atoms with van der Waals surface area (Å²) in [5, 5.41) is 6.07. The summed E-state index contributed by atoms with van der Waals surface area (Å²) in [7, 11) is 0. The first-order chi connectivity index (χ1) is 10.5. The first-order valence-electron chi connectivity index (χ1n) is 8.18. The molecular weight excluding hydrogens is 320 g/mol. The smallest absolute Gasteiger partial charge is 0.325 e. The molecule has 3 fully saturated rings. The second-order valence-electron chi connectivity index (χ2n) is 6.60. The Balaban J connectivity index is 0.00000192. The Kier molecular flexibility index (Phi) is 5.52. The van der Waals surface area contributed by atoms with Crippen LogP contribution in [-0.2, 0) is 9.59 Å². The normalized spacial score (nSPS) is 26.9. The standard InChI is InChI=1S/C15H24N4O3.ClH/c1-11-9-16-7-8-18(11)12(20)10-19-13(21)15(17-14(19)22)5-3-2-4-6-15;/h11,16H,2-10H2,1H3,(H,17,22);1H/t11-;/m1./s1. The Hall–Kier alpha value is -1.34. The van der Waals surface area contributed by atoms with Crippen LogP contribution >= 0.6 is 12.4 Å². The molecule has 3 rings (SSSR count). The van der Waals surface area contributed by atoms with Crippen LogP contribution < -0.4 is 10.6 Å². The molecule has 2 N–H and O–H groups in total. The van der Waals surface area contributed by atoms with Crippen molar-refractivity contribution >= 4 is 30.3 Å². The number of hydrogen-bond donors (Lipinski definition) is 2. The van der Waals surface area contributed by atoms with E-state index in [9.17, 15) is 14.4 Å². The molecule has 0 bridgehead atoms. The molecular formula is C15H25ClN4O3. The van der Waals surface area contributed by atoms with E-state index in [0.717, 1.165) is 37.3 Å². The summed E-state index contributed by atoms with van der Waals surface area (Å²) in [4.78, 5) is 40.1. The minimum Gasteiger partial charge on any atom is -0.336 e. The minimum atomic E-state index is -0.745. The van der Waals surface area contributed by atoms with Crippen molar-refractivity contribution in [2.24, 2.45) is 0 Å². The van der Waals surface area contributed by atoms with E-state index >= 15 is 0 Å². The fourth-order valence-corrected chi connectivity index (χ4v) is 3.75. The topological polar surface area (TPSA) is 81.8 Å². The predicted octanol–water partition coefficient (Wildman–Crippen LogP) is 0.483. The van der Waals surface area contributed by atoms with Crippen LogP contribution in [0.2, 0.25) is 0 Å². The van der Waals surface area contributed by atoms with Crippen LogP contribution in [0.5, 0.6) is 0 Å². The number of nitrogens with one attached hydrogen (secondary N) is 2. The van der Waals surface area contributed by atoms with Crippen molar-refractivity contribution in [2.75, 3.05) is 26.2 Å². The van der Waals surface area contributed by atoms with Gasteiger partial charge in [-0.25, -0.2) is 4.79 Å². The molecule has 4 amide bonds. The van der Waals surface area contributed by atoms with Crippen molar-refractivity contribution in [3.8, 4) is 0 Å². The third kappa shape index (κ3) is 3.30. The van der Waals surface area contributed by atoms with Crippen molar-refractivity contribution < 1.29 is 14.4 Å². The van der Waals surface area contributed by atoms with Gasteiger partial charge in [-0.1, -0.05) is 19.3 Å². The van der Waals surface area contributed by atoms with E-state index in [-0.39, 0.29) is 36.8 Å². The van der Waals surface area contributed by atoms with Crippen LogP contribution in [0, 0.1) is 0 Å². The van der Waals surface area contributed by atoms with Crippen molar-refractivity contribution in [1.29, 1.82) is 0 Å². The number of imide groups is 1. The molecule has 0 radical (unpaired) electrons. The molecule has 1 atom stereocenters. The number of carbonyl (C=O) groups is 3. The third-order valence-electron chi connectivity index (χ3n) is 5.07. The number of nitrogens with zero attached hydrogens (tertiary/aromatic N) is 2. The van der Waals surface area contributed by atoms with Crippen LogP contribution in [0.4, 0.5) is 4.79 Å². The molecule has 2 aliphatic heterocycles. The molecule has 1 saturated carbocycles. The molecule has 2 heterocycles. The molecule has 23 heavy (non-hydrogen) atoms. The number of amides is 4. The largest absolute Gasteiger partial charge is 0.336 e. The quantitative estimate of drug-likeness (QED) is 0.714. The molecule has 0 aromatic heterocycles. The summed E-state index contributed by atoms with van der Waals surface area (Å²) in [5.41, 5.74) is -0.745. The van der Waals surface area contributed by atoms with Crippen LogP contribution in [-0.4, -0.2) is 65.4 Å². The zero-order valence-corrected chi connectivity index (χ0v) is 14.3. The number of hydrogen-bond acceptors (Lipinski definition) is 4. The van der Waals surface area contributed by atoms with E-state index in [1.807, 2.05) is 6.92 Å². The second-order valence-corrected chi connectivity index (χ2v) is 6.60. The molecule has 0 aromatic carbocycles. The van der Waals surface area contributed by atoms with Gasteiger partial charge in [-0.15, -0.1) is 12.4 Å². The maximum Gasteiger partial charge on any atom is 0.325 e. The van der Waals surface area contributed by atoms with Gasteiger partial charge < -0.3 is 15.5 Å². The van der Waals surface area contributed by atoms with E-state index in [1.165, 1.54) is 0 Å². The van der Waals surface area contributed by atoms with Crippen LogP contribution in [0.3, 0.4) is 0 Å². The highest BCUT2D eigenvalue weighted by atomic mass is 35.5. The summed E-state index contributed by atoms with van der Waals surface area (Å²) in [5.74, 6) is -0.362. The second kappa shape index (κ2) is 7.05. The lowest BCUT2D eigenvalue weighted by Crippen LogP contribution is -2.55. The fourth-order valence-electron chi connectivity index (χ4n) is 3.75. The van der Waals surface area contributed by atoms with Gasteiger partial charge in [-0.05, 0) is 19.8 Å². The van der Waals surface area contributed by atoms with Crippen molar-refractivity contribution in [3.63, 3.8) is 0 Å². The lowest BCUT2D eigenvalue weighted by Gasteiger charge is -2.35. The minimum absolute atomic E-state index is 0. The van der Waals surface area contributed by atoms with E-state index in [2.05, 4.69) is 10.6 Å². The molecule has 130 valence electrons. The fraction of sp³-hybridized carbons (Fsp3) is 0.800. The van der Waals surface area contributed by atoms with Gasteiger partial charge in [0.05, 0.1) is 0 Å². The molecule has 8 heteroatoms. The van der Waals surface area contributed by atoms with Gasteiger partial charge in [0.25, 0.3) is 5.91 Å². The molecule has 1 spiro atoms. The molecule has 3 aliphatic rings. The molecule has 0 unspecified atom stereocenters. The first-order valence-corrected chi connectivity index (χ1v) is 8.18. The molecule has 0 aromatic rings. The Morgan fingerprint density at radius 3 is 2.61 bits per heavy atom. The van der Waals surface area contributed by atoms with E-state index < -0.39 is 11.6 Å². The summed E-state index contributed by atoms with van der Waals surface area (Å²) >= 11 is 0. The van der Waals surface area contributed by atoms with Crippen LogP contribution in [0.25, 0.3) is 0 Å². The summed E-state index contributed by atoms with van der Waals surface area (Å²) < 4.78 is 0. The number of carbonyl (C=O) groups excluding carboxylic acids is 3. The summed E-state index contributed by atoms with van der Waals surface area (Å²) in [6.07, 6.45) is 4.37. The van der Waals surface area contributed by atoms with Gasteiger partial charge in [0.15, 0.2) is 0 Å². The van der Waals surface area contributed by atoms with Crippen LogP contribution in [0.1, 0.15) is 39.0 Å². The summed E-state index contributed by atoms with van der Waals surface area (Å²) in [6, 6.07) is -0.325. The lowest BCUT2D eigenvalue weighted by atomic mass is 9.82. The van der Waals surface area contributed by atoms with E-state index in [1.54, 1.807) is 4.90 Å². The molecule has 7 nitrogen and oxygen atoms in total. The zero-order valence-electron chi connectivity index (χ0n) is 13.5. The van der Waals surface area contributed by atoms with Crippen LogP contribution in [0.15, 0.2) is 0 Å². The van der Waals surface area contributed by atoms with Gasteiger partial charge in [-0.2, -0.15) is 0 Å². The Labute approximate surface area is 142 Å². The van der Waals surface area contributed by atoms with Crippen molar-refractivity contribution in [1.82, 2.24) is 20.4 Å². The van der Waals surface area contributed by atoms with Gasteiger partial charge in [-0.3, -0.25) is 14.5 Å². The number of halogens is 1. The van der Waals surface area contributed by atoms with E-state index in [0.29, 0.717) is 19.4 Å². The number of rotatable bonds is 2. The highest BCUT2D eigenvalue weighted by Gasteiger charge is 2.51. The van der Waals surface area contributed by atoms with Crippen molar-refractivity contribution in [3.05, 3.63) is 0 Å². The zero-order chi connectivity index (χ0) is 15.7. The Morgan fingerprint density at radius 2 is 1.96 bits per heavy atom. The molecule has 2 saturated heterocycles. The van der Waals surface area contributed by atoms with Gasteiger partial charge in [0.1, 0.15) is 12.1 Å².